The molecule has 1 amide bonds. The number of carbonyl (C=O) groups is 2. The van der Waals surface area contributed by atoms with Crippen molar-refractivity contribution in [2.45, 2.75) is 52.4 Å². The highest BCUT2D eigenvalue weighted by molar-refractivity contribution is 5.97. The molecule has 0 saturated heterocycles. The predicted octanol–water partition coefficient (Wildman–Crippen LogP) is 2.92. The van der Waals surface area contributed by atoms with E-state index >= 15 is 0 Å². The van der Waals surface area contributed by atoms with Crippen LogP contribution in [0.1, 0.15) is 60.7 Å². The number of nitrogens with one attached hydrogen (secondary N) is 1. The molecule has 1 aromatic heterocycles. The summed E-state index contributed by atoms with van der Waals surface area (Å²) in [6.45, 7) is 4.58. The van der Waals surface area contributed by atoms with E-state index in [0.717, 1.165) is 25.7 Å². The lowest BCUT2D eigenvalue weighted by atomic mass is 9.66. The maximum absolute atomic E-state index is 12.4. The quantitative estimate of drug-likeness (QED) is 0.810. The average molecular weight is 293 g/mol. The van der Waals surface area contributed by atoms with Gasteiger partial charge in [0.25, 0.3) is 5.91 Å². The summed E-state index contributed by atoms with van der Waals surface area (Å²) in [6.07, 6.45) is 6.96. The lowest BCUT2D eigenvalue weighted by Crippen LogP contribution is -2.42. The number of amides is 1. The number of hydrogen-bond acceptors (Lipinski definition) is 3. The fraction of sp³-hybridized carbons (Fsp3) is 0.625. The number of hydrogen-bond donors (Lipinski definition) is 2. The van der Waals surface area contributed by atoms with Crippen LogP contribution in [0.25, 0.3) is 0 Å². The van der Waals surface area contributed by atoms with E-state index < -0.39 is 5.97 Å². The van der Waals surface area contributed by atoms with E-state index in [-0.39, 0.29) is 23.5 Å². The van der Waals surface area contributed by atoms with Crippen molar-refractivity contribution < 1.29 is 19.1 Å². The van der Waals surface area contributed by atoms with Crippen LogP contribution in [0.4, 0.5) is 0 Å². The van der Waals surface area contributed by atoms with Gasteiger partial charge >= 0.3 is 5.97 Å². The monoisotopic (exact) mass is 293 g/mol. The molecule has 0 bridgehead atoms. The van der Waals surface area contributed by atoms with Crippen molar-refractivity contribution in [1.29, 1.82) is 0 Å². The Morgan fingerprint density at radius 1 is 1.43 bits per heavy atom. The Morgan fingerprint density at radius 3 is 2.67 bits per heavy atom. The lowest BCUT2D eigenvalue weighted by molar-refractivity contribution is -0.136. The van der Waals surface area contributed by atoms with Crippen molar-refractivity contribution in [2.75, 3.05) is 6.54 Å². The minimum Gasteiger partial charge on any atom is -0.481 e. The van der Waals surface area contributed by atoms with Crippen molar-refractivity contribution in [2.24, 2.45) is 5.41 Å². The molecule has 0 unspecified atom stereocenters. The number of carboxylic acid groups (broad SMARTS) is 1. The van der Waals surface area contributed by atoms with Gasteiger partial charge in [-0.3, -0.25) is 9.59 Å². The van der Waals surface area contributed by atoms with Crippen molar-refractivity contribution in [1.82, 2.24) is 5.32 Å². The van der Waals surface area contributed by atoms with E-state index in [1.54, 1.807) is 6.92 Å². The highest BCUT2D eigenvalue weighted by Crippen LogP contribution is 2.44. The maximum atomic E-state index is 12.4. The zero-order chi connectivity index (χ0) is 15.5. The molecular weight excluding hydrogens is 270 g/mol. The van der Waals surface area contributed by atoms with E-state index in [9.17, 15) is 9.59 Å². The largest absolute Gasteiger partial charge is 0.481 e. The Hall–Kier alpha value is -1.78. The van der Waals surface area contributed by atoms with Gasteiger partial charge in [-0.15, -0.1) is 0 Å². The van der Waals surface area contributed by atoms with Crippen LogP contribution in [0, 0.1) is 12.3 Å². The minimum absolute atomic E-state index is 0.222. The number of furan rings is 1. The van der Waals surface area contributed by atoms with Gasteiger partial charge in [0.1, 0.15) is 12.2 Å². The van der Waals surface area contributed by atoms with Crippen LogP contribution in [0.5, 0.6) is 0 Å². The first-order valence-electron chi connectivity index (χ1n) is 7.54. The molecule has 0 aliphatic heterocycles. The summed E-state index contributed by atoms with van der Waals surface area (Å²) in [4.78, 5) is 23.2. The molecule has 0 atom stereocenters. The van der Waals surface area contributed by atoms with Crippen LogP contribution in [-0.2, 0) is 11.2 Å². The van der Waals surface area contributed by atoms with Gasteiger partial charge in [-0.05, 0) is 31.6 Å². The van der Waals surface area contributed by atoms with Gasteiger partial charge in [-0.2, -0.15) is 0 Å². The highest BCUT2D eigenvalue weighted by Gasteiger charge is 2.36. The van der Waals surface area contributed by atoms with Gasteiger partial charge < -0.3 is 14.8 Å². The molecule has 0 radical (unpaired) electrons. The number of rotatable bonds is 7. The van der Waals surface area contributed by atoms with Crippen LogP contribution in [0.3, 0.4) is 0 Å². The summed E-state index contributed by atoms with van der Waals surface area (Å²) in [7, 11) is 0. The standard InChI is InChI=1S/C16H23NO4/c1-3-5-16(6-4-7-16)10-17-15(20)14-11(2)9-21-12(14)8-13(18)19/h9H,3-8,10H2,1-2H3,(H,17,20)(H,18,19). The first-order chi connectivity index (χ1) is 9.97. The van der Waals surface area contributed by atoms with Gasteiger partial charge in [-0.25, -0.2) is 0 Å². The smallest absolute Gasteiger partial charge is 0.311 e. The van der Waals surface area contributed by atoms with Crippen molar-refractivity contribution in [3.63, 3.8) is 0 Å². The Kier molecular flexibility index (Phi) is 4.70. The first-order valence-corrected chi connectivity index (χ1v) is 7.54. The molecule has 1 saturated carbocycles. The molecule has 1 aliphatic rings. The molecule has 2 N–H and O–H groups in total. The van der Waals surface area contributed by atoms with E-state index in [0.29, 0.717) is 17.7 Å². The number of carbonyl (C=O) groups excluding carboxylic acids is 1. The number of aliphatic carboxylic acids is 1. The molecule has 1 heterocycles. The Morgan fingerprint density at radius 2 is 2.14 bits per heavy atom. The van der Waals surface area contributed by atoms with Crippen LogP contribution in [0.15, 0.2) is 10.7 Å². The fourth-order valence-electron chi connectivity index (χ4n) is 3.15. The maximum Gasteiger partial charge on any atom is 0.311 e. The zero-order valence-electron chi connectivity index (χ0n) is 12.7. The predicted molar refractivity (Wildman–Crippen MR) is 78.3 cm³/mol. The highest BCUT2D eigenvalue weighted by atomic mass is 16.4. The van der Waals surface area contributed by atoms with Crippen molar-refractivity contribution >= 4 is 11.9 Å². The van der Waals surface area contributed by atoms with Gasteiger partial charge in [0, 0.05) is 12.1 Å². The molecule has 0 aromatic carbocycles. The summed E-state index contributed by atoms with van der Waals surface area (Å²) in [5, 5.41) is 11.8. The minimum atomic E-state index is -1.00. The molecule has 1 aromatic rings. The Bertz CT molecular complexity index is 528. The topological polar surface area (TPSA) is 79.5 Å². The Labute approximate surface area is 124 Å². The molecule has 5 nitrogen and oxygen atoms in total. The molecule has 1 fully saturated rings. The van der Waals surface area contributed by atoms with Crippen LogP contribution >= 0.6 is 0 Å². The van der Waals surface area contributed by atoms with Gasteiger partial charge in [-0.1, -0.05) is 19.8 Å². The molecule has 1 aliphatic carbocycles. The van der Waals surface area contributed by atoms with E-state index in [2.05, 4.69) is 12.2 Å². The normalized spacial score (nSPS) is 16.3. The molecule has 2 rings (SSSR count). The third-order valence-corrected chi connectivity index (χ3v) is 4.41. The van der Waals surface area contributed by atoms with Gasteiger partial charge in [0.15, 0.2) is 0 Å². The number of aryl methyl sites for hydroxylation is 1. The first kappa shape index (κ1) is 15.6. The van der Waals surface area contributed by atoms with Crippen LogP contribution in [0.2, 0.25) is 0 Å². The van der Waals surface area contributed by atoms with Crippen LogP contribution in [-0.4, -0.2) is 23.5 Å². The molecule has 5 heteroatoms. The SMILES string of the molecule is CCCC1(CNC(=O)c2c(C)coc2CC(=O)O)CCC1. The summed E-state index contributed by atoms with van der Waals surface area (Å²) < 4.78 is 5.21. The molecule has 116 valence electrons. The summed E-state index contributed by atoms with van der Waals surface area (Å²) in [6, 6.07) is 0. The Balaban J connectivity index is 2.03. The summed E-state index contributed by atoms with van der Waals surface area (Å²) >= 11 is 0. The summed E-state index contributed by atoms with van der Waals surface area (Å²) in [5.41, 5.74) is 1.31. The second kappa shape index (κ2) is 6.33. The average Bonchev–Trinajstić information content (AvgIpc) is 2.72. The van der Waals surface area contributed by atoms with Gasteiger partial charge in [0.05, 0.1) is 11.8 Å². The van der Waals surface area contributed by atoms with Gasteiger partial charge in [0.2, 0.25) is 0 Å². The van der Waals surface area contributed by atoms with Crippen LogP contribution < -0.4 is 5.32 Å². The van der Waals surface area contributed by atoms with E-state index in [1.807, 2.05) is 0 Å². The number of carboxylic acids is 1. The van der Waals surface area contributed by atoms with Crippen molar-refractivity contribution in [3.8, 4) is 0 Å². The lowest BCUT2D eigenvalue weighted by Gasteiger charge is -2.42. The summed E-state index contributed by atoms with van der Waals surface area (Å²) in [5.74, 6) is -0.990. The molecular formula is C16H23NO4. The van der Waals surface area contributed by atoms with E-state index in [1.165, 1.54) is 12.7 Å². The third kappa shape index (κ3) is 3.46. The molecule has 0 spiro atoms. The molecule has 21 heavy (non-hydrogen) atoms. The second-order valence-corrected chi connectivity index (χ2v) is 6.07. The van der Waals surface area contributed by atoms with Crippen molar-refractivity contribution in [3.05, 3.63) is 23.2 Å². The fourth-order valence-corrected chi connectivity index (χ4v) is 3.15. The third-order valence-electron chi connectivity index (χ3n) is 4.41. The zero-order valence-corrected chi connectivity index (χ0v) is 12.7. The second-order valence-electron chi connectivity index (χ2n) is 6.07. The van der Waals surface area contributed by atoms with E-state index in [4.69, 9.17) is 9.52 Å².